The zero-order valence-corrected chi connectivity index (χ0v) is 14.0. The van der Waals surface area contributed by atoms with E-state index in [1.165, 1.54) is 23.9 Å². The molecule has 0 amide bonds. The molecule has 0 aliphatic carbocycles. The lowest BCUT2D eigenvalue weighted by Crippen LogP contribution is -2.44. The van der Waals surface area contributed by atoms with Crippen LogP contribution >= 0.6 is 15.9 Å². The van der Waals surface area contributed by atoms with Gasteiger partial charge in [0.05, 0.1) is 25.0 Å². The van der Waals surface area contributed by atoms with Gasteiger partial charge >= 0.3 is 0 Å². The van der Waals surface area contributed by atoms with Gasteiger partial charge in [-0.2, -0.15) is 5.10 Å². The van der Waals surface area contributed by atoms with E-state index in [1.807, 2.05) is 0 Å². The largest absolute Gasteiger partial charge is 0.394 e. The molecule has 2 heterocycles. The fraction of sp³-hybridized carbons (Fsp3) is 0.714. The lowest BCUT2D eigenvalue weighted by molar-refractivity contribution is 0.266. The lowest BCUT2D eigenvalue weighted by Gasteiger charge is -2.31. The van der Waals surface area contributed by atoms with Crippen LogP contribution in [0.1, 0.15) is 26.2 Å². The van der Waals surface area contributed by atoms with Crippen LogP contribution in [-0.2, 0) is 6.54 Å². The molecular weight excluding hydrogens is 336 g/mol. The molecule has 21 heavy (non-hydrogen) atoms. The molecule has 0 bridgehead atoms. The molecule has 1 saturated heterocycles. The average molecular weight is 359 g/mol. The number of aliphatic hydroxyl groups excluding tert-OH is 1. The third-order valence-corrected chi connectivity index (χ3v) is 4.60. The number of hydrogen-bond donors (Lipinski definition) is 2. The van der Waals surface area contributed by atoms with Crippen LogP contribution in [0.15, 0.2) is 15.5 Å². The molecule has 0 radical (unpaired) electrons. The molecule has 1 aliphatic heterocycles. The standard InChI is InChI=1S/C14H23BrN4O2/c1-2-18(10-11-5-3-4-6-16-11)12-9-17-19(7-8-20)14(21)13(12)15/h9,11,16,20H,2-8,10H2,1H3. The zero-order chi connectivity index (χ0) is 15.2. The van der Waals surface area contributed by atoms with Gasteiger partial charge in [0.2, 0.25) is 0 Å². The Hall–Kier alpha value is -0.920. The third-order valence-electron chi connectivity index (χ3n) is 3.85. The Morgan fingerprint density at radius 3 is 3.00 bits per heavy atom. The Bertz CT molecular complexity index is 514. The summed E-state index contributed by atoms with van der Waals surface area (Å²) in [5.74, 6) is 0. The predicted octanol–water partition coefficient (Wildman–Crippen LogP) is 0.966. The average Bonchev–Trinajstić information content (AvgIpc) is 2.51. The van der Waals surface area contributed by atoms with Crippen molar-refractivity contribution in [1.29, 1.82) is 0 Å². The van der Waals surface area contributed by atoms with Gasteiger partial charge in [-0.05, 0) is 42.2 Å². The van der Waals surface area contributed by atoms with E-state index in [4.69, 9.17) is 5.11 Å². The van der Waals surface area contributed by atoms with Gasteiger partial charge in [-0.15, -0.1) is 0 Å². The second-order valence-electron chi connectivity index (χ2n) is 5.28. The number of nitrogens with one attached hydrogen (secondary N) is 1. The summed E-state index contributed by atoms with van der Waals surface area (Å²) in [6.45, 7) is 4.96. The number of halogens is 1. The molecule has 118 valence electrons. The molecule has 1 aromatic heterocycles. The number of aliphatic hydroxyl groups is 1. The number of aromatic nitrogens is 2. The van der Waals surface area contributed by atoms with Gasteiger partial charge in [-0.1, -0.05) is 6.42 Å². The summed E-state index contributed by atoms with van der Waals surface area (Å²) in [6, 6.07) is 0.463. The SMILES string of the molecule is CCN(CC1CCCCN1)c1cnn(CCO)c(=O)c1Br. The van der Waals surface area contributed by atoms with E-state index in [0.29, 0.717) is 10.5 Å². The number of anilines is 1. The summed E-state index contributed by atoms with van der Waals surface area (Å²) >= 11 is 3.39. The molecule has 2 rings (SSSR count). The number of nitrogens with zero attached hydrogens (tertiary/aromatic N) is 3. The van der Waals surface area contributed by atoms with Crippen molar-refractivity contribution in [3.63, 3.8) is 0 Å². The monoisotopic (exact) mass is 358 g/mol. The fourth-order valence-electron chi connectivity index (χ4n) is 2.67. The highest BCUT2D eigenvalue weighted by molar-refractivity contribution is 9.10. The van der Waals surface area contributed by atoms with Crippen molar-refractivity contribution in [3.8, 4) is 0 Å². The normalized spacial score (nSPS) is 18.7. The molecule has 2 N–H and O–H groups in total. The summed E-state index contributed by atoms with van der Waals surface area (Å²) in [5, 5.41) is 16.6. The highest BCUT2D eigenvalue weighted by atomic mass is 79.9. The first-order valence-corrected chi connectivity index (χ1v) is 8.31. The number of rotatable bonds is 6. The van der Waals surface area contributed by atoms with Crippen LogP contribution in [0.2, 0.25) is 0 Å². The van der Waals surface area contributed by atoms with Crippen molar-refractivity contribution in [2.45, 2.75) is 38.8 Å². The second-order valence-corrected chi connectivity index (χ2v) is 6.07. The molecule has 1 fully saturated rings. The summed E-state index contributed by atoms with van der Waals surface area (Å²) in [5.41, 5.74) is 0.626. The highest BCUT2D eigenvalue weighted by Gasteiger charge is 2.19. The summed E-state index contributed by atoms with van der Waals surface area (Å²) in [6.07, 6.45) is 5.37. The molecule has 0 saturated carbocycles. The second kappa shape index (κ2) is 7.91. The minimum absolute atomic E-state index is 0.0951. The summed E-state index contributed by atoms with van der Waals surface area (Å²) in [7, 11) is 0. The van der Waals surface area contributed by atoms with Crippen LogP contribution in [0.5, 0.6) is 0 Å². The number of hydrogen-bond acceptors (Lipinski definition) is 5. The highest BCUT2D eigenvalue weighted by Crippen LogP contribution is 2.22. The van der Waals surface area contributed by atoms with Crippen molar-refractivity contribution in [2.24, 2.45) is 0 Å². The Kier molecular flexibility index (Phi) is 6.20. The Balaban J connectivity index is 2.17. The molecule has 1 aromatic rings. The van der Waals surface area contributed by atoms with Crippen LogP contribution in [0, 0.1) is 0 Å². The molecule has 6 nitrogen and oxygen atoms in total. The first-order chi connectivity index (χ1) is 10.2. The summed E-state index contributed by atoms with van der Waals surface area (Å²) < 4.78 is 1.80. The van der Waals surface area contributed by atoms with Crippen molar-refractivity contribution < 1.29 is 5.11 Å². The Morgan fingerprint density at radius 2 is 2.38 bits per heavy atom. The van der Waals surface area contributed by atoms with Gasteiger partial charge in [0.1, 0.15) is 4.47 Å². The van der Waals surface area contributed by atoms with Gasteiger partial charge in [0, 0.05) is 19.1 Å². The minimum atomic E-state index is -0.198. The maximum absolute atomic E-state index is 12.2. The van der Waals surface area contributed by atoms with Gasteiger partial charge in [0.25, 0.3) is 5.56 Å². The topological polar surface area (TPSA) is 70.4 Å². The van der Waals surface area contributed by atoms with E-state index in [0.717, 1.165) is 25.3 Å². The van der Waals surface area contributed by atoms with Gasteiger partial charge in [0.15, 0.2) is 0 Å². The number of likely N-dealkylation sites (N-methyl/N-ethyl adjacent to an activating group) is 1. The molecule has 1 unspecified atom stereocenters. The molecular formula is C14H23BrN4O2. The van der Waals surface area contributed by atoms with Gasteiger partial charge < -0.3 is 15.3 Å². The van der Waals surface area contributed by atoms with Crippen LogP contribution in [0.3, 0.4) is 0 Å². The quantitative estimate of drug-likeness (QED) is 0.792. The Labute approximate surface area is 133 Å². The molecule has 0 aromatic carbocycles. The molecule has 7 heteroatoms. The zero-order valence-electron chi connectivity index (χ0n) is 12.4. The van der Waals surface area contributed by atoms with Gasteiger partial charge in [-0.3, -0.25) is 4.79 Å². The van der Waals surface area contributed by atoms with Gasteiger partial charge in [-0.25, -0.2) is 4.68 Å². The first kappa shape index (κ1) is 16.5. The van der Waals surface area contributed by atoms with Crippen LogP contribution in [-0.4, -0.2) is 47.2 Å². The van der Waals surface area contributed by atoms with Crippen molar-refractivity contribution in [3.05, 3.63) is 21.0 Å². The maximum atomic E-state index is 12.2. The third kappa shape index (κ3) is 4.05. The van der Waals surface area contributed by atoms with E-state index < -0.39 is 0 Å². The predicted molar refractivity (Wildman–Crippen MR) is 86.8 cm³/mol. The summed E-state index contributed by atoms with van der Waals surface area (Å²) in [4.78, 5) is 14.4. The maximum Gasteiger partial charge on any atom is 0.283 e. The molecule has 0 spiro atoms. The lowest BCUT2D eigenvalue weighted by atomic mass is 10.0. The van der Waals surface area contributed by atoms with E-state index in [-0.39, 0.29) is 18.7 Å². The van der Waals surface area contributed by atoms with E-state index >= 15 is 0 Å². The van der Waals surface area contributed by atoms with Crippen molar-refractivity contribution in [2.75, 3.05) is 31.1 Å². The van der Waals surface area contributed by atoms with Crippen LogP contribution < -0.4 is 15.8 Å². The van der Waals surface area contributed by atoms with Crippen molar-refractivity contribution in [1.82, 2.24) is 15.1 Å². The molecule has 1 atom stereocenters. The molecule has 1 aliphatic rings. The van der Waals surface area contributed by atoms with Crippen molar-refractivity contribution >= 4 is 21.6 Å². The fourth-order valence-corrected chi connectivity index (χ4v) is 3.23. The first-order valence-electron chi connectivity index (χ1n) is 7.52. The van der Waals surface area contributed by atoms with E-state index in [1.54, 1.807) is 6.20 Å². The van der Waals surface area contributed by atoms with Crippen LogP contribution in [0.25, 0.3) is 0 Å². The van der Waals surface area contributed by atoms with Crippen LogP contribution in [0.4, 0.5) is 5.69 Å². The number of piperidine rings is 1. The minimum Gasteiger partial charge on any atom is -0.394 e. The smallest absolute Gasteiger partial charge is 0.283 e. The Morgan fingerprint density at radius 1 is 1.57 bits per heavy atom. The van der Waals surface area contributed by atoms with E-state index in [2.05, 4.69) is 38.2 Å². The van der Waals surface area contributed by atoms with E-state index in [9.17, 15) is 4.79 Å².